The Bertz CT molecular complexity index is 745. The third kappa shape index (κ3) is 3.49. The van der Waals surface area contributed by atoms with Gasteiger partial charge in [-0.2, -0.15) is 5.10 Å². The molecule has 0 unspecified atom stereocenters. The van der Waals surface area contributed by atoms with Crippen molar-refractivity contribution < 1.29 is 9.47 Å². The lowest BCUT2D eigenvalue weighted by Gasteiger charge is -2.40. The van der Waals surface area contributed by atoms with Crippen LogP contribution in [-0.2, 0) is 24.8 Å². The van der Waals surface area contributed by atoms with E-state index < -0.39 is 0 Å². The highest BCUT2D eigenvalue weighted by molar-refractivity contribution is 5.39. The van der Waals surface area contributed by atoms with Gasteiger partial charge in [0.05, 0.1) is 31.1 Å². The number of ether oxygens (including phenoxy) is 2. The van der Waals surface area contributed by atoms with Crippen molar-refractivity contribution in [2.24, 2.45) is 7.05 Å². The van der Waals surface area contributed by atoms with Crippen LogP contribution >= 0.6 is 0 Å². The lowest BCUT2D eigenvalue weighted by atomic mass is 10.0. The number of likely N-dealkylation sites (N-methyl/N-ethyl adjacent to an activating group) is 1. The molecule has 3 heterocycles. The molecule has 0 bridgehead atoms. The minimum Gasteiger partial charge on any atom is -0.493 e. The maximum atomic E-state index is 6.15. The molecule has 0 saturated carbocycles. The van der Waals surface area contributed by atoms with Gasteiger partial charge in [-0.05, 0) is 29.8 Å². The van der Waals surface area contributed by atoms with Crippen LogP contribution in [0.2, 0.25) is 0 Å². The van der Waals surface area contributed by atoms with Gasteiger partial charge in [0.15, 0.2) is 0 Å². The average molecular weight is 356 g/mol. The molecular weight excluding hydrogens is 328 g/mol. The summed E-state index contributed by atoms with van der Waals surface area (Å²) < 4.78 is 13.7. The van der Waals surface area contributed by atoms with E-state index >= 15 is 0 Å². The van der Waals surface area contributed by atoms with Crippen LogP contribution in [0.3, 0.4) is 0 Å². The summed E-state index contributed by atoms with van der Waals surface area (Å²) in [5, 5.41) is 7.95. The van der Waals surface area contributed by atoms with Crippen LogP contribution in [0, 0.1) is 0 Å². The summed E-state index contributed by atoms with van der Waals surface area (Å²) in [6.07, 6.45) is 3.01. The van der Waals surface area contributed by atoms with Gasteiger partial charge in [-0.3, -0.25) is 9.58 Å². The van der Waals surface area contributed by atoms with Gasteiger partial charge in [0, 0.05) is 39.3 Å². The standard InChI is InChI=1S/C20H28N4O2/c1-3-24-9-11-26-19(20(24)17-6-8-22-23(17)2)14-21-13-15-4-5-18-16(12-15)7-10-25-18/h4-6,8,12,19-21H,3,7,9-11,13-14H2,1-2H3/t19-,20-/m0/s1. The Balaban J connectivity index is 1.41. The second kappa shape index (κ2) is 7.78. The molecule has 1 N–H and O–H groups in total. The largest absolute Gasteiger partial charge is 0.493 e. The fraction of sp³-hybridized carbons (Fsp3) is 0.550. The molecule has 2 aliphatic rings. The topological polar surface area (TPSA) is 51.6 Å². The highest BCUT2D eigenvalue weighted by atomic mass is 16.5. The van der Waals surface area contributed by atoms with Gasteiger partial charge in [-0.1, -0.05) is 19.1 Å². The molecule has 0 spiro atoms. The summed E-state index contributed by atoms with van der Waals surface area (Å²) in [5.41, 5.74) is 3.84. The fourth-order valence-corrected chi connectivity index (χ4v) is 4.07. The minimum atomic E-state index is 0.122. The van der Waals surface area contributed by atoms with Crippen molar-refractivity contribution >= 4 is 0 Å². The van der Waals surface area contributed by atoms with E-state index in [1.807, 2.05) is 17.9 Å². The van der Waals surface area contributed by atoms with Crippen LogP contribution in [0.25, 0.3) is 0 Å². The number of hydrogen-bond acceptors (Lipinski definition) is 5. The number of fused-ring (bicyclic) bond motifs is 1. The first-order valence-electron chi connectivity index (χ1n) is 9.55. The molecule has 140 valence electrons. The lowest BCUT2D eigenvalue weighted by molar-refractivity contribution is -0.0718. The molecule has 0 radical (unpaired) electrons. The molecule has 1 saturated heterocycles. The van der Waals surface area contributed by atoms with Crippen molar-refractivity contribution in [1.29, 1.82) is 0 Å². The first-order chi connectivity index (χ1) is 12.8. The summed E-state index contributed by atoms with van der Waals surface area (Å²) in [6.45, 7) is 7.45. The Kier molecular flexibility index (Phi) is 5.24. The van der Waals surface area contributed by atoms with E-state index in [1.165, 1.54) is 16.8 Å². The van der Waals surface area contributed by atoms with Crippen molar-refractivity contribution in [2.75, 3.05) is 32.8 Å². The summed E-state index contributed by atoms with van der Waals surface area (Å²) in [6, 6.07) is 8.84. The van der Waals surface area contributed by atoms with Crippen LogP contribution in [0.1, 0.15) is 29.8 Å². The molecule has 1 aromatic carbocycles. The van der Waals surface area contributed by atoms with Crippen LogP contribution < -0.4 is 10.1 Å². The van der Waals surface area contributed by atoms with E-state index in [9.17, 15) is 0 Å². The number of aryl methyl sites for hydroxylation is 1. The predicted octanol–water partition coefficient (Wildman–Crippen LogP) is 1.91. The maximum Gasteiger partial charge on any atom is 0.122 e. The van der Waals surface area contributed by atoms with E-state index in [2.05, 4.69) is 46.5 Å². The van der Waals surface area contributed by atoms with Gasteiger partial charge >= 0.3 is 0 Å². The SMILES string of the molecule is CCN1CCO[C@@H](CNCc2ccc3c(c2)CCO3)[C@@H]1c1ccnn1C. The molecule has 6 heteroatoms. The maximum absolute atomic E-state index is 6.15. The van der Waals surface area contributed by atoms with Crippen molar-refractivity contribution in [3.8, 4) is 5.75 Å². The molecule has 1 aromatic heterocycles. The summed E-state index contributed by atoms with van der Waals surface area (Å²) >= 11 is 0. The number of morpholine rings is 1. The number of nitrogens with one attached hydrogen (secondary N) is 1. The monoisotopic (exact) mass is 356 g/mol. The van der Waals surface area contributed by atoms with Gasteiger partial charge in [0.2, 0.25) is 0 Å². The Morgan fingerprint density at radius 2 is 2.19 bits per heavy atom. The van der Waals surface area contributed by atoms with Crippen LogP contribution in [0.5, 0.6) is 5.75 Å². The molecular formula is C20H28N4O2. The summed E-state index contributed by atoms with van der Waals surface area (Å²) in [5.74, 6) is 1.04. The lowest BCUT2D eigenvalue weighted by Crippen LogP contribution is -2.49. The van der Waals surface area contributed by atoms with Gasteiger partial charge in [0.1, 0.15) is 5.75 Å². The highest BCUT2D eigenvalue weighted by Gasteiger charge is 2.34. The zero-order valence-corrected chi connectivity index (χ0v) is 15.6. The third-order valence-electron chi connectivity index (χ3n) is 5.45. The van der Waals surface area contributed by atoms with Gasteiger partial charge in [0.25, 0.3) is 0 Å². The number of rotatable bonds is 6. The second-order valence-corrected chi connectivity index (χ2v) is 7.03. The number of nitrogens with zero attached hydrogens (tertiary/aromatic N) is 3. The van der Waals surface area contributed by atoms with Crippen molar-refractivity contribution in [3.63, 3.8) is 0 Å². The molecule has 1 fully saturated rings. The van der Waals surface area contributed by atoms with Crippen LogP contribution in [0.4, 0.5) is 0 Å². The van der Waals surface area contributed by atoms with Crippen molar-refractivity contribution in [2.45, 2.75) is 32.0 Å². The van der Waals surface area contributed by atoms with Gasteiger partial charge in [-0.15, -0.1) is 0 Å². The molecule has 4 rings (SSSR count). The quantitative estimate of drug-likeness (QED) is 0.857. The van der Waals surface area contributed by atoms with Gasteiger partial charge < -0.3 is 14.8 Å². The first kappa shape index (κ1) is 17.5. The van der Waals surface area contributed by atoms with E-state index in [4.69, 9.17) is 9.47 Å². The summed E-state index contributed by atoms with van der Waals surface area (Å²) in [4.78, 5) is 2.49. The molecule has 2 aromatic rings. The Morgan fingerprint density at radius 3 is 3.00 bits per heavy atom. The Labute approximate surface area is 155 Å². The van der Waals surface area contributed by atoms with Gasteiger partial charge in [-0.25, -0.2) is 0 Å². The molecule has 0 amide bonds. The molecule has 2 atom stereocenters. The normalized spacial score (nSPS) is 23.0. The van der Waals surface area contributed by atoms with E-state index in [-0.39, 0.29) is 12.1 Å². The predicted molar refractivity (Wildman–Crippen MR) is 100 cm³/mol. The molecule has 6 nitrogen and oxygen atoms in total. The summed E-state index contributed by atoms with van der Waals surface area (Å²) in [7, 11) is 2.01. The zero-order valence-electron chi connectivity index (χ0n) is 15.6. The molecule has 0 aliphatic carbocycles. The molecule has 26 heavy (non-hydrogen) atoms. The second-order valence-electron chi connectivity index (χ2n) is 7.03. The number of aromatic nitrogens is 2. The minimum absolute atomic E-state index is 0.122. The molecule has 2 aliphatic heterocycles. The van der Waals surface area contributed by atoms with Crippen LogP contribution in [0.15, 0.2) is 30.5 Å². The van der Waals surface area contributed by atoms with E-state index in [0.29, 0.717) is 0 Å². The number of hydrogen-bond donors (Lipinski definition) is 1. The average Bonchev–Trinajstić information content (AvgIpc) is 3.29. The van der Waals surface area contributed by atoms with Crippen molar-refractivity contribution in [1.82, 2.24) is 20.0 Å². The third-order valence-corrected chi connectivity index (χ3v) is 5.45. The highest BCUT2D eigenvalue weighted by Crippen LogP contribution is 2.29. The van der Waals surface area contributed by atoms with E-state index in [1.54, 1.807) is 0 Å². The zero-order chi connectivity index (χ0) is 17.9. The fourth-order valence-electron chi connectivity index (χ4n) is 4.07. The Morgan fingerprint density at radius 1 is 1.27 bits per heavy atom. The Hall–Kier alpha value is -1.89. The smallest absolute Gasteiger partial charge is 0.122 e. The van der Waals surface area contributed by atoms with E-state index in [0.717, 1.165) is 51.6 Å². The van der Waals surface area contributed by atoms with Crippen LogP contribution in [-0.4, -0.2) is 53.6 Å². The number of benzene rings is 1. The van der Waals surface area contributed by atoms with Crippen molar-refractivity contribution in [3.05, 3.63) is 47.3 Å². The first-order valence-corrected chi connectivity index (χ1v) is 9.55.